The molecule has 1 saturated heterocycles. The maximum atomic E-state index is 14.0. The van der Waals surface area contributed by atoms with Crippen molar-refractivity contribution in [1.82, 2.24) is 5.06 Å². The summed E-state index contributed by atoms with van der Waals surface area (Å²) in [6, 6.07) is 28.3. The number of aliphatic imine (C=N–C) groups is 2. The SMILES string of the molecule is COc1cc2c(cc1OCc1cc(COc3cc4c(cc3OC)C(=O)N3c5ccccc5C[C@H]3C=N4)cc(CSCCOCCC(=O)ON3C(=O)CCC3=O)c1)N=C[C@@H]1Cc3ccccc3N1C2=O. The first-order valence-electron chi connectivity index (χ1n) is 22.6. The summed E-state index contributed by atoms with van der Waals surface area (Å²) in [5.41, 5.74) is 8.43. The van der Waals surface area contributed by atoms with Crippen molar-refractivity contribution in [3.05, 3.63) is 130 Å². The van der Waals surface area contributed by atoms with Crippen molar-refractivity contribution in [3.8, 4) is 23.0 Å². The molecule has 5 aromatic rings. The van der Waals surface area contributed by atoms with Crippen LogP contribution in [0.1, 0.15) is 67.8 Å². The van der Waals surface area contributed by atoms with Crippen LogP contribution >= 0.6 is 11.8 Å². The number of hydroxylamine groups is 2. The highest BCUT2D eigenvalue weighted by atomic mass is 32.2. The second kappa shape index (κ2) is 19.6. The molecule has 0 aliphatic carbocycles. The molecule has 0 N–H and O–H groups in total. The molecule has 10 rings (SSSR count). The minimum Gasteiger partial charge on any atom is -0.493 e. The molecular formula is C52H47N5O11S. The van der Waals surface area contributed by atoms with E-state index in [0.717, 1.165) is 39.2 Å². The number of hydrogen-bond donors (Lipinski definition) is 0. The van der Waals surface area contributed by atoms with Crippen LogP contribution < -0.4 is 28.7 Å². The fourth-order valence-corrected chi connectivity index (χ4v) is 9.94. The lowest BCUT2D eigenvalue weighted by Crippen LogP contribution is -2.37. The molecule has 5 aliphatic heterocycles. The molecule has 5 aromatic carbocycles. The van der Waals surface area contributed by atoms with Gasteiger partial charge in [0.05, 0.1) is 68.4 Å². The van der Waals surface area contributed by atoms with Crippen LogP contribution in [0.5, 0.6) is 23.0 Å². The highest BCUT2D eigenvalue weighted by molar-refractivity contribution is 7.98. The Morgan fingerprint density at radius 1 is 0.638 bits per heavy atom. The van der Waals surface area contributed by atoms with E-state index < -0.39 is 17.8 Å². The third-order valence-corrected chi connectivity index (χ3v) is 13.4. The number of methoxy groups -OCH3 is 2. The lowest BCUT2D eigenvalue weighted by Gasteiger charge is -2.22. The summed E-state index contributed by atoms with van der Waals surface area (Å²) in [5.74, 6) is 0.756. The fraction of sp³-hybridized carbons (Fsp3) is 0.288. The van der Waals surface area contributed by atoms with Gasteiger partial charge in [-0.05, 0) is 58.1 Å². The van der Waals surface area contributed by atoms with Crippen LogP contribution in [-0.4, -0.2) is 92.4 Å². The molecule has 16 nitrogen and oxygen atoms in total. The number of ether oxygens (including phenoxy) is 5. The molecule has 0 saturated carbocycles. The Bertz CT molecular complexity index is 2780. The van der Waals surface area contributed by atoms with Crippen molar-refractivity contribution < 1.29 is 52.5 Å². The fourth-order valence-electron chi connectivity index (χ4n) is 9.16. The summed E-state index contributed by atoms with van der Waals surface area (Å²) >= 11 is 1.63. The molecule has 0 bridgehead atoms. The van der Waals surface area contributed by atoms with E-state index in [0.29, 0.717) is 81.5 Å². The van der Waals surface area contributed by atoms with Gasteiger partial charge in [0.1, 0.15) is 13.2 Å². The first kappa shape index (κ1) is 45.3. The van der Waals surface area contributed by atoms with Crippen LogP contribution in [0.2, 0.25) is 0 Å². The normalized spacial score (nSPS) is 17.4. The Morgan fingerprint density at radius 2 is 1.14 bits per heavy atom. The number of carbonyl (C=O) groups excluding carboxylic acids is 5. The van der Waals surface area contributed by atoms with Gasteiger partial charge in [-0.3, -0.25) is 39.0 Å². The Kier molecular flexibility index (Phi) is 12.9. The van der Waals surface area contributed by atoms with Gasteiger partial charge in [0, 0.05) is 73.1 Å². The number of amides is 4. The van der Waals surface area contributed by atoms with Crippen molar-refractivity contribution in [3.63, 3.8) is 0 Å². The van der Waals surface area contributed by atoms with Crippen LogP contribution in [0.25, 0.3) is 0 Å². The molecule has 0 unspecified atom stereocenters. The van der Waals surface area contributed by atoms with Gasteiger partial charge in [-0.15, -0.1) is 5.06 Å². The van der Waals surface area contributed by atoms with Gasteiger partial charge in [0.25, 0.3) is 23.6 Å². The molecule has 0 spiro atoms. The minimum atomic E-state index is -0.715. The van der Waals surface area contributed by atoms with E-state index in [1.807, 2.05) is 79.2 Å². The molecule has 69 heavy (non-hydrogen) atoms. The summed E-state index contributed by atoms with van der Waals surface area (Å²) < 4.78 is 30.1. The Labute approximate surface area is 401 Å². The van der Waals surface area contributed by atoms with Crippen molar-refractivity contribution in [2.75, 3.05) is 43.0 Å². The third kappa shape index (κ3) is 9.26. The summed E-state index contributed by atoms with van der Waals surface area (Å²) in [6.07, 6.45) is 4.94. The lowest BCUT2D eigenvalue weighted by molar-refractivity contribution is -0.198. The van der Waals surface area contributed by atoms with E-state index in [-0.39, 0.29) is 63.0 Å². The monoisotopic (exact) mass is 949 g/mol. The van der Waals surface area contributed by atoms with Gasteiger partial charge >= 0.3 is 5.97 Å². The number of fused-ring (bicyclic) bond motifs is 8. The highest BCUT2D eigenvalue weighted by Gasteiger charge is 2.38. The number of hydrogen-bond acceptors (Lipinski definition) is 14. The van der Waals surface area contributed by atoms with E-state index in [4.69, 9.17) is 38.5 Å². The zero-order valence-corrected chi connectivity index (χ0v) is 38.7. The lowest BCUT2D eigenvalue weighted by atomic mass is 10.1. The van der Waals surface area contributed by atoms with Crippen LogP contribution in [0.3, 0.4) is 0 Å². The highest BCUT2D eigenvalue weighted by Crippen LogP contribution is 2.43. The number of benzene rings is 5. The van der Waals surface area contributed by atoms with Gasteiger partial charge in [0.15, 0.2) is 23.0 Å². The van der Waals surface area contributed by atoms with Crippen LogP contribution in [0, 0.1) is 0 Å². The zero-order chi connectivity index (χ0) is 47.6. The average Bonchev–Trinajstić information content (AvgIpc) is 3.98. The molecule has 352 valence electrons. The first-order valence-corrected chi connectivity index (χ1v) is 23.8. The predicted octanol–water partition coefficient (Wildman–Crippen LogP) is 7.68. The Hall–Kier alpha value is -7.50. The molecule has 1 fully saturated rings. The molecule has 0 aromatic heterocycles. The molecule has 5 aliphatic rings. The van der Waals surface area contributed by atoms with Crippen molar-refractivity contribution in [2.24, 2.45) is 9.98 Å². The molecule has 2 atom stereocenters. The topological polar surface area (TPSA) is 175 Å². The molecule has 5 heterocycles. The average molecular weight is 950 g/mol. The second-order valence-corrected chi connectivity index (χ2v) is 18.0. The maximum Gasteiger partial charge on any atom is 0.335 e. The van der Waals surface area contributed by atoms with Gasteiger partial charge < -0.3 is 28.5 Å². The summed E-state index contributed by atoms with van der Waals surface area (Å²) in [7, 11) is 3.07. The zero-order valence-electron chi connectivity index (χ0n) is 37.9. The predicted molar refractivity (Wildman–Crippen MR) is 258 cm³/mol. The number of carbonyl (C=O) groups is 5. The van der Waals surface area contributed by atoms with Gasteiger partial charge in [0.2, 0.25) is 0 Å². The van der Waals surface area contributed by atoms with E-state index in [9.17, 15) is 24.0 Å². The number of anilines is 2. The van der Waals surface area contributed by atoms with Crippen LogP contribution in [-0.2, 0) is 55.8 Å². The van der Waals surface area contributed by atoms with Crippen LogP contribution in [0.15, 0.2) is 101 Å². The Morgan fingerprint density at radius 3 is 1.67 bits per heavy atom. The van der Waals surface area contributed by atoms with E-state index >= 15 is 0 Å². The number of imide groups is 1. The smallest absolute Gasteiger partial charge is 0.335 e. The molecule has 4 amide bonds. The minimum absolute atomic E-state index is 0.0279. The quantitative estimate of drug-likeness (QED) is 0.0658. The van der Waals surface area contributed by atoms with Crippen molar-refractivity contribution in [1.29, 1.82) is 0 Å². The van der Waals surface area contributed by atoms with Gasteiger partial charge in [-0.1, -0.05) is 48.5 Å². The van der Waals surface area contributed by atoms with Crippen molar-refractivity contribution in [2.45, 2.75) is 63.2 Å². The summed E-state index contributed by atoms with van der Waals surface area (Å²) in [5, 5.41) is 0.530. The number of para-hydroxylation sites is 2. The van der Waals surface area contributed by atoms with E-state index in [2.05, 4.69) is 0 Å². The van der Waals surface area contributed by atoms with Crippen LogP contribution in [0.4, 0.5) is 22.7 Å². The van der Waals surface area contributed by atoms with E-state index in [1.165, 1.54) is 14.2 Å². The molecule has 17 heteroatoms. The first-order chi connectivity index (χ1) is 33.6. The Balaban J connectivity index is 0.843. The number of thioether (sulfide) groups is 1. The number of rotatable bonds is 17. The molecule has 0 radical (unpaired) electrons. The second-order valence-electron chi connectivity index (χ2n) is 16.9. The maximum absolute atomic E-state index is 14.0. The van der Waals surface area contributed by atoms with Gasteiger partial charge in [-0.25, -0.2) is 4.79 Å². The standard InChI is InChI=1S/C52H47N5O11S/c1-63-44-22-38-40(53-26-36-20-34-7-3-5-9-42(34)55(36)51(38)61)24-46(44)66-28-31-17-32(19-33(18-31)30-69-16-15-65-14-13-50(60)68-57-48(58)11-12-49(57)59)29-67-47-25-41-39(23-45(47)64-2)52(62)56-37(27-54-41)21-35-8-4-6-10-43(35)56/h3-10,17-19,22-27,36-37H,11-16,20-21,28-30H2,1-2H3/t36-,37-/m0/s1. The van der Waals surface area contributed by atoms with E-state index in [1.54, 1.807) is 45.8 Å². The van der Waals surface area contributed by atoms with Gasteiger partial charge in [-0.2, -0.15) is 11.8 Å². The largest absolute Gasteiger partial charge is 0.493 e. The number of nitrogens with zero attached hydrogens (tertiary/aromatic N) is 5. The molecular weight excluding hydrogens is 903 g/mol. The summed E-state index contributed by atoms with van der Waals surface area (Å²) in [4.78, 5) is 81.8. The van der Waals surface area contributed by atoms with Crippen molar-refractivity contribution >= 4 is 76.5 Å². The third-order valence-electron chi connectivity index (χ3n) is 12.4. The summed E-state index contributed by atoms with van der Waals surface area (Å²) in [6.45, 7) is 0.712.